The van der Waals surface area contributed by atoms with Crippen LogP contribution in [0.15, 0.2) is 29.3 Å². The molecule has 0 radical (unpaired) electrons. The lowest BCUT2D eigenvalue weighted by Crippen LogP contribution is -2.09. The molecule has 3 N–H and O–H groups in total. The Morgan fingerprint density at radius 3 is 2.87 bits per heavy atom. The molecule has 0 aromatic heterocycles. The number of rotatable bonds is 3. The minimum absolute atomic E-state index is 0.0864. The molecule has 1 rings (SSSR count). The molecule has 0 heterocycles. The van der Waals surface area contributed by atoms with Gasteiger partial charge in [0.1, 0.15) is 5.75 Å². The Morgan fingerprint density at radius 1 is 1.67 bits per heavy atom. The first-order chi connectivity index (χ1) is 7.10. The Labute approximate surface area is 97.0 Å². The highest BCUT2D eigenvalue weighted by Gasteiger charge is 2.13. The third-order valence-electron chi connectivity index (χ3n) is 2.04. The zero-order valence-electron chi connectivity index (χ0n) is 8.07. The van der Waals surface area contributed by atoms with Gasteiger partial charge in [0.05, 0.1) is 16.1 Å². The van der Waals surface area contributed by atoms with Gasteiger partial charge in [0.15, 0.2) is 0 Å². The van der Waals surface area contributed by atoms with E-state index in [1.54, 1.807) is 18.2 Å². The van der Waals surface area contributed by atoms with Gasteiger partial charge in [0.25, 0.3) is 0 Å². The quantitative estimate of drug-likeness (QED) is 0.827. The largest absolute Gasteiger partial charge is 0.506 e. The van der Waals surface area contributed by atoms with Crippen molar-refractivity contribution in [2.24, 2.45) is 5.73 Å². The summed E-state index contributed by atoms with van der Waals surface area (Å²) in [5.41, 5.74) is 6.86. The van der Waals surface area contributed by atoms with Crippen molar-refractivity contribution in [3.63, 3.8) is 0 Å². The maximum Gasteiger partial charge on any atom is 0.134 e. The normalized spacial score (nSPS) is 11.8. The molecular weight excluding hydrogens is 256 g/mol. The maximum absolute atomic E-state index is 9.74. The average molecular weight is 267 g/mol. The summed E-state index contributed by atoms with van der Waals surface area (Å²) in [7, 11) is 0. The minimum Gasteiger partial charge on any atom is -0.506 e. The van der Waals surface area contributed by atoms with E-state index in [0.29, 0.717) is 22.0 Å². The smallest absolute Gasteiger partial charge is 0.134 e. The van der Waals surface area contributed by atoms with Crippen molar-refractivity contribution in [1.29, 1.82) is 5.26 Å². The second kappa shape index (κ2) is 4.96. The number of nitrogens with two attached hydrogens (primary N) is 1. The Hall–Kier alpha value is -1.31. The van der Waals surface area contributed by atoms with Crippen LogP contribution in [0.5, 0.6) is 5.75 Å². The van der Waals surface area contributed by atoms with Gasteiger partial charge in [-0.25, -0.2) is 0 Å². The Bertz CT molecular complexity index is 423. The van der Waals surface area contributed by atoms with Crippen molar-refractivity contribution >= 4 is 15.9 Å². The first kappa shape index (κ1) is 11.8. The van der Waals surface area contributed by atoms with Crippen LogP contribution in [0.2, 0.25) is 0 Å². The second-order valence-electron chi connectivity index (χ2n) is 3.14. The van der Waals surface area contributed by atoms with Gasteiger partial charge >= 0.3 is 0 Å². The number of nitriles is 1. The first-order valence-electron chi connectivity index (χ1n) is 4.39. The van der Waals surface area contributed by atoms with Crippen molar-refractivity contribution in [2.45, 2.75) is 12.5 Å². The molecule has 15 heavy (non-hydrogen) atoms. The fourth-order valence-corrected chi connectivity index (χ4v) is 1.75. The summed E-state index contributed by atoms with van der Waals surface area (Å²) in [5, 5.41) is 18.5. The first-order valence-corrected chi connectivity index (χ1v) is 5.18. The van der Waals surface area contributed by atoms with Crippen LogP contribution in [0.4, 0.5) is 0 Å². The van der Waals surface area contributed by atoms with Crippen molar-refractivity contribution in [3.05, 3.63) is 40.4 Å². The molecule has 0 aliphatic rings. The number of halogens is 1. The predicted molar refractivity (Wildman–Crippen MR) is 62.3 cm³/mol. The topological polar surface area (TPSA) is 70.0 Å². The molecule has 4 heteroatoms. The zero-order valence-corrected chi connectivity index (χ0v) is 9.66. The van der Waals surface area contributed by atoms with Crippen LogP contribution in [0.25, 0.3) is 0 Å². The third-order valence-corrected chi connectivity index (χ3v) is 2.65. The fourth-order valence-electron chi connectivity index (χ4n) is 1.27. The lowest BCUT2D eigenvalue weighted by atomic mass is 10.0. The summed E-state index contributed by atoms with van der Waals surface area (Å²) in [6.07, 6.45) is 2.23. The van der Waals surface area contributed by atoms with Crippen LogP contribution in [0.3, 0.4) is 0 Å². The number of aromatic hydroxyl groups is 1. The Kier molecular flexibility index (Phi) is 3.89. The highest BCUT2D eigenvalue weighted by Crippen LogP contribution is 2.33. The second-order valence-corrected chi connectivity index (χ2v) is 3.99. The van der Waals surface area contributed by atoms with Gasteiger partial charge in [-0.1, -0.05) is 6.08 Å². The Morgan fingerprint density at radius 2 is 2.33 bits per heavy atom. The standard InChI is InChI=1S/C11H11BrN2O/c1-2-3-10(14)8-4-7(6-13)5-9(12)11(8)15/h2,4-5,10,15H,1,3,14H2/t10-/m0/s1. The van der Waals surface area contributed by atoms with Gasteiger partial charge in [-0.15, -0.1) is 6.58 Å². The number of hydrogen-bond donors (Lipinski definition) is 2. The van der Waals surface area contributed by atoms with Crippen molar-refractivity contribution in [3.8, 4) is 11.8 Å². The molecule has 0 aliphatic carbocycles. The van der Waals surface area contributed by atoms with Gasteiger partial charge < -0.3 is 10.8 Å². The molecule has 1 aromatic carbocycles. The summed E-state index contributed by atoms with van der Waals surface area (Å²) < 4.78 is 0.482. The number of phenolic OH excluding ortho intramolecular Hbond substituents is 1. The molecule has 0 unspecified atom stereocenters. The number of benzene rings is 1. The monoisotopic (exact) mass is 266 g/mol. The summed E-state index contributed by atoms with van der Waals surface area (Å²) in [5.74, 6) is 0.0864. The van der Waals surface area contributed by atoms with Crippen molar-refractivity contribution < 1.29 is 5.11 Å². The molecule has 0 saturated heterocycles. The van der Waals surface area contributed by atoms with Crippen LogP contribution < -0.4 is 5.73 Å². The van der Waals surface area contributed by atoms with Gasteiger partial charge in [0.2, 0.25) is 0 Å². The summed E-state index contributed by atoms with van der Waals surface area (Å²) in [6, 6.07) is 4.82. The Balaban J connectivity index is 3.22. The van der Waals surface area contributed by atoms with Gasteiger partial charge in [-0.05, 0) is 34.5 Å². The van der Waals surface area contributed by atoms with Gasteiger partial charge in [0, 0.05) is 11.6 Å². The molecule has 1 aromatic rings. The van der Waals surface area contributed by atoms with Crippen molar-refractivity contribution in [2.75, 3.05) is 0 Å². The minimum atomic E-state index is -0.341. The number of hydrogen-bond acceptors (Lipinski definition) is 3. The number of nitrogens with zero attached hydrogens (tertiary/aromatic N) is 1. The van der Waals surface area contributed by atoms with Crippen LogP contribution in [0.1, 0.15) is 23.6 Å². The van der Waals surface area contributed by atoms with E-state index in [-0.39, 0.29) is 11.8 Å². The van der Waals surface area contributed by atoms with Crippen LogP contribution in [-0.2, 0) is 0 Å². The van der Waals surface area contributed by atoms with E-state index in [4.69, 9.17) is 11.0 Å². The van der Waals surface area contributed by atoms with E-state index < -0.39 is 0 Å². The molecule has 78 valence electrons. The molecular formula is C11H11BrN2O. The van der Waals surface area contributed by atoms with E-state index in [1.165, 1.54) is 0 Å². The predicted octanol–water partition coefficient (Wildman–Crippen LogP) is 2.60. The van der Waals surface area contributed by atoms with Crippen LogP contribution in [0, 0.1) is 11.3 Å². The van der Waals surface area contributed by atoms with E-state index in [2.05, 4.69) is 22.5 Å². The lowest BCUT2D eigenvalue weighted by molar-refractivity contribution is 0.458. The highest BCUT2D eigenvalue weighted by atomic mass is 79.9. The molecule has 0 aliphatic heterocycles. The lowest BCUT2D eigenvalue weighted by Gasteiger charge is -2.13. The van der Waals surface area contributed by atoms with Crippen LogP contribution >= 0.6 is 15.9 Å². The SMILES string of the molecule is C=CC[C@H](N)c1cc(C#N)cc(Br)c1O. The highest BCUT2D eigenvalue weighted by molar-refractivity contribution is 9.10. The molecule has 0 bridgehead atoms. The van der Waals surface area contributed by atoms with Crippen molar-refractivity contribution in [1.82, 2.24) is 0 Å². The van der Waals surface area contributed by atoms with E-state index in [9.17, 15) is 5.11 Å². The summed E-state index contributed by atoms with van der Waals surface area (Å²) >= 11 is 3.17. The fraction of sp³-hybridized carbons (Fsp3) is 0.182. The molecule has 3 nitrogen and oxygen atoms in total. The molecule has 0 spiro atoms. The summed E-state index contributed by atoms with van der Waals surface area (Å²) in [4.78, 5) is 0. The molecule has 0 fully saturated rings. The van der Waals surface area contributed by atoms with Gasteiger partial charge in [-0.2, -0.15) is 5.26 Å². The molecule has 1 atom stereocenters. The average Bonchev–Trinajstić information content (AvgIpc) is 2.22. The maximum atomic E-state index is 9.74. The number of phenols is 1. The zero-order chi connectivity index (χ0) is 11.4. The van der Waals surface area contributed by atoms with E-state index >= 15 is 0 Å². The third kappa shape index (κ3) is 2.58. The van der Waals surface area contributed by atoms with Crippen LogP contribution in [-0.4, -0.2) is 5.11 Å². The molecule has 0 saturated carbocycles. The molecule has 0 amide bonds. The van der Waals surface area contributed by atoms with Gasteiger partial charge in [-0.3, -0.25) is 0 Å². The van der Waals surface area contributed by atoms with E-state index in [1.807, 2.05) is 6.07 Å². The van der Waals surface area contributed by atoms with E-state index in [0.717, 1.165) is 0 Å². The summed E-state index contributed by atoms with van der Waals surface area (Å²) in [6.45, 7) is 3.58.